The van der Waals surface area contributed by atoms with Gasteiger partial charge in [-0.1, -0.05) is 152 Å². The quantitative estimate of drug-likeness (QED) is 0.0696. The Balaban J connectivity index is 0.000000332. The Kier molecular flexibility index (Phi) is 28.0. The molecule has 0 atom stereocenters. The molecule has 1 fully saturated rings. The van der Waals surface area contributed by atoms with Crippen molar-refractivity contribution in [2.75, 3.05) is 13.2 Å². The first-order valence-electron chi connectivity index (χ1n) is 31.0. The number of ether oxygens (including phenoxy) is 1. The van der Waals surface area contributed by atoms with Crippen molar-refractivity contribution in [1.82, 2.24) is 9.97 Å². The number of alkyl halides is 24. The first kappa shape index (κ1) is 85.4. The summed E-state index contributed by atoms with van der Waals surface area (Å²) in [4.78, 5) is 18.0. The van der Waals surface area contributed by atoms with Gasteiger partial charge in [0.2, 0.25) is 0 Å². The molecule has 1 saturated heterocycles. The van der Waals surface area contributed by atoms with Crippen molar-refractivity contribution < 1.29 is 127 Å². The molecule has 0 N–H and O–H groups in total. The largest absolute Gasteiger partial charge is 0.416 e. The van der Waals surface area contributed by atoms with Crippen LogP contribution in [0, 0.1) is 0 Å². The summed E-state index contributed by atoms with van der Waals surface area (Å²) in [7, 11) is 0. The van der Waals surface area contributed by atoms with Gasteiger partial charge in [-0.2, -0.15) is 127 Å². The van der Waals surface area contributed by atoms with Crippen molar-refractivity contribution in [1.29, 1.82) is 0 Å². The van der Waals surface area contributed by atoms with Crippen LogP contribution in [0.5, 0.6) is 0 Å². The van der Waals surface area contributed by atoms with E-state index in [1.807, 2.05) is 48.8 Å². The van der Waals surface area contributed by atoms with E-state index in [9.17, 15) is 105 Å². The number of hydrogen-bond acceptors (Lipinski definition) is 5. The number of aliphatic imine (C=N–C) groups is 2. The van der Waals surface area contributed by atoms with E-state index in [-0.39, 0.29) is 16.5 Å². The average Bonchev–Trinajstić information content (AvgIpc) is 1.08. The molecule has 31 heteroatoms. The van der Waals surface area contributed by atoms with E-state index in [1.54, 1.807) is 12.4 Å². The van der Waals surface area contributed by atoms with E-state index in [1.165, 1.54) is 35.1 Å². The molecular formula is C72H64BF24N4NiO-. The number of aromatic nitrogens is 2. The van der Waals surface area contributed by atoms with Crippen molar-refractivity contribution in [3.63, 3.8) is 0 Å². The molecule has 0 amide bonds. The molecule has 0 spiro atoms. The Hall–Kier alpha value is -8.20. The second-order valence-corrected chi connectivity index (χ2v) is 24.8. The van der Waals surface area contributed by atoms with Gasteiger partial charge in [0.15, 0.2) is 0 Å². The van der Waals surface area contributed by atoms with E-state index in [0.717, 1.165) is 36.0 Å². The van der Waals surface area contributed by atoms with Crippen LogP contribution in [0.1, 0.15) is 170 Å². The zero-order chi connectivity index (χ0) is 76.5. The summed E-state index contributed by atoms with van der Waals surface area (Å²) in [6.45, 7) is 19.7. The van der Waals surface area contributed by atoms with E-state index in [2.05, 4.69) is 102 Å². The molecule has 5 nitrogen and oxygen atoms in total. The molecule has 1 aliphatic rings. The van der Waals surface area contributed by atoms with Gasteiger partial charge >= 0.3 is 49.4 Å². The molecule has 0 radical (unpaired) electrons. The zero-order valence-electron chi connectivity index (χ0n) is 55.5. The van der Waals surface area contributed by atoms with E-state index in [0.29, 0.717) is 23.7 Å². The molecule has 6 aromatic carbocycles. The van der Waals surface area contributed by atoms with Crippen LogP contribution < -0.4 is 21.9 Å². The standard InChI is InChI=1S/C32H12BF24.2C18H22N2.C4H8O.Ni/c34-25(35,36)13-1-14(26(37,38)39)6-21(5-13)33(22-7-15(27(40,41)42)2-16(8-22)28(43,44)45,23-9-17(29(46,47)48)3-18(10-23)30(49,50)51)24-11-19(31(52,53)54)4-20(12-24)32(55,56)57;2*1-13(2)16-9-7-10-17(14(3)4)18(16)20-12-15-8-5-6-11-19-15;1-2-4-5-3-1;/h1-12H;2*5-14H,1-4H3;1-4H2;/q-1;;;;. The monoisotopic (exact) mass is 1530 g/mol. The number of hydrogen-bond donors (Lipinski definition) is 0. The van der Waals surface area contributed by atoms with Gasteiger partial charge in [0, 0.05) is 42.1 Å². The normalized spacial score (nSPS) is 13.6. The van der Waals surface area contributed by atoms with Crippen LogP contribution in [0.15, 0.2) is 168 Å². The first-order valence-corrected chi connectivity index (χ1v) is 31.0. The number of rotatable bonds is 12. The minimum Gasteiger partial charge on any atom is -0.381 e. The summed E-state index contributed by atoms with van der Waals surface area (Å²) in [5.74, 6) is 1.85. The Morgan fingerprint density at radius 2 is 0.534 bits per heavy atom. The predicted molar refractivity (Wildman–Crippen MR) is 342 cm³/mol. The van der Waals surface area contributed by atoms with Crippen molar-refractivity contribution in [3.05, 3.63) is 236 Å². The number of benzene rings is 6. The van der Waals surface area contributed by atoms with Crippen LogP contribution in [-0.4, -0.2) is 41.8 Å². The third kappa shape index (κ3) is 22.7. The van der Waals surface area contributed by atoms with Gasteiger partial charge in [-0.25, -0.2) is 0 Å². The Morgan fingerprint density at radius 3 is 0.689 bits per heavy atom. The van der Waals surface area contributed by atoms with Crippen molar-refractivity contribution >= 4 is 51.8 Å². The number of pyridine rings is 2. The third-order valence-electron chi connectivity index (χ3n) is 16.0. The summed E-state index contributed by atoms with van der Waals surface area (Å²) in [6.07, 6.45) is -45.0. The maximum atomic E-state index is 14.2. The van der Waals surface area contributed by atoms with Crippen molar-refractivity contribution in [2.45, 2.75) is 141 Å². The smallest absolute Gasteiger partial charge is 0.381 e. The number of nitrogens with zero attached hydrogens (tertiary/aromatic N) is 4. The first-order chi connectivity index (χ1) is 46.9. The Labute approximate surface area is 586 Å². The molecule has 103 heavy (non-hydrogen) atoms. The van der Waals surface area contributed by atoms with Crippen LogP contribution in [0.25, 0.3) is 0 Å². The summed E-state index contributed by atoms with van der Waals surface area (Å²) >= 11 is 0. The molecule has 8 aromatic rings. The molecule has 560 valence electrons. The van der Waals surface area contributed by atoms with Gasteiger partial charge in [-0.3, -0.25) is 20.0 Å². The fourth-order valence-corrected chi connectivity index (χ4v) is 11.1. The van der Waals surface area contributed by atoms with Gasteiger partial charge in [0.1, 0.15) is 6.15 Å². The molecule has 1 aliphatic heterocycles. The maximum absolute atomic E-state index is 14.2. The predicted octanol–water partition coefficient (Wildman–Crippen LogP) is 22.2. The summed E-state index contributed by atoms with van der Waals surface area (Å²) < 4.78 is 346. The molecule has 2 aromatic heterocycles. The van der Waals surface area contributed by atoms with Crippen LogP contribution in [0.2, 0.25) is 0 Å². The van der Waals surface area contributed by atoms with Crippen molar-refractivity contribution in [3.8, 4) is 0 Å². The minimum absolute atomic E-state index is 0. The number of para-hydroxylation sites is 2. The molecule has 0 bridgehead atoms. The summed E-state index contributed by atoms with van der Waals surface area (Å²) in [5.41, 5.74) is -21.0. The second kappa shape index (κ2) is 33.7. The minimum atomic E-state index is -6.13. The molecular weight excluding hydrogens is 1460 g/mol. The average molecular weight is 1530 g/mol. The van der Waals surface area contributed by atoms with Gasteiger partial charge in [-0.05, 0) is 107 Å². The fourth-order valence-electron chi connectivity index (χ4n) is 11.1. The van der Waals surface area contributed by atoms with Gasteiger partial charge < -0.3 is 4.74 Å². The third-order valence-corrected chi connectivity index (χ3v) is 16.0. The molecule has 0 unspecified atom stereocenters. The van der Waals surface area contributed by atoms with Crippen LogP contribution in [0.4, 0.5) is 117 Å². The molecule has 3 heterocycles. The Morgan fingerprint density at radius 1 is 0.320 bits per heavy atom. The summed E-state index contributed by atoms with van der Waals surface area (Å²) in [6, 6.07) is 15.8. The second-order valence-electron chi connectivity index (χ2n) is 24.8. The van der Waals surface area contributed by atoms with Gasteiger partial charge in [-0.15, -0.1) is 0 Å². The molecule has 9 rings (SSSR count). The Bertz CT molecular complexity index is 3560. The summed E-state index contributed by atoms with van der Waals surface area (Å²) in [5, 5.41) is 0. The fraction of sp³-hybridized carbons (Fsp3) is 0.333. The molecule has 0 aliphatic carbocycles. The maximum Gasteiger partial charge on any atom is 0.416 e. The zero-order valence-corrected chi connectivity index (χ0v) is 56.5. The van der Waals surface area contributed by atoms with Crippen LogP contribution in [0.3, 0.4) is 0 Å². The van der Waals surface area contributed by atoms with Gasteiger partial charge in [0.05, 0.1) is 79.7 Å². The van der Waals surface area contributed by atoms with Crippen LogP contribution in [-0.2, 0) is 70.6 Å². The van der Waals surface area contributed by atoms with Crippen molar-refractivity contribution in [2.24, 2.45) is 9.98 Å². The SMILES string of the molecule is C1CCOC1.CC(C)c1cccc(C(C)C)c1N=Cc1ccccn1.CC(C)c1cccc(C(C)C)c1N=Cc1ccccn1.FC(F)(F)c1cc([B-](c2cc(C(F)(F)F)cc(C(F)(F)F)c2)(c2cc(C(F)(F)F)cc(C(F)(F)F)c2)c2cc(C(F)(F)F)cc(C(F)(F)F)c2)cc(C(F)(F)F)c1.[Ni]. The van der Waals surface area contributed by atoms with E-state index < -0.39 is 195 Å². The topological polar surface area (TPSA) is 59.7 Å². The molecule has 0 saturated carbocycles. The van der Waals surface area contributed by atoms with E-state index in [4.69, 9.17) is 14.7 Å². The number of halogens is 24. The van der Waals surface area contributed by atoms with Gasteiger partial charge in [0.25, 0.3) is 0 Å². The van der Waals surface area contributed by atoms with Crippen LogP contribution >= 0.6 is 0 Å². The van der Waals surface area contributed by atoms with E-state index >= 15 is 0 Å².